The van der Waals surface area contributed by atoms with Crippen molar-refractivity contribution < 1.29 is 4.79 Å². The lowest BCUT2D eigenvalue weighted by molar-refractivity contribution is -0.115. The van der Waals surface area contributed by atoms with Gasteiger partial charge < -0.3 is 0 Å². The molecule has 0 aliphatic rings. The van der Waals surface area contributed by atoms with Crippen molar-refractivity contribution in [2.75, 3.05) is 0 Å². The number of ketones is 1. The van der Waals surface area contributed by atoms with Crippen LogP contribution in [-0.4, -0.2) is 13.9 Å². The molecule has 0 fully saturated rings. The molecular formula is C18H27BrOSi. The summed E-state index contributed by atoms with van der Waals surface area (Å²) >= 11 is 3.70. The Morgan fingerprint density at radius 1 is 1.10 bits per heavy atom. The van der Waals surface area contributed by atoms with Crippen LogP contribution in [0.15, 0.2) is 40.0 Å². The van der Waals surface area contributed by atoms with E-state index in [9.17, 15) is 4.79 Å². The van der Waals surface area contributed by atoms with Crippen LogP contribution in [0.4, 0.5) is 0 Å². The minimum absolute atomic E-state index is 0.334. The van der Waals surface area contributed by atoms with Crippen molar-refractivity contribution in [2.45, 2.75) is 58.7 Å². The van der Waals surface area contributed by atoms with Gasteiger partial charge in [0.15, 0.2) is 5.78 Å². The van der Waals surface area contributed by atoms with E-state index in [-0.39, 0.29) is 0 Å². The zero-order chi connectivity index (χ0) is 15.9. The number of carbonyl (C=O) groups is 1. The minimum atomic E-state index is -1.62. The highest BCUT2D eigenvalue weighted by Gasteiger charge is 2.27. The molecule has 0 amide bonds. The molecule has 1 aromatic carbocycles. The Hall–Kier alpha value is -0.673. The molecular weight excluding hydrogens is 340 g/mol. The second-order valence-electron chi connectivity index (χ2n) is 6.54. The van der Waals surface area contributed by atoms with Crippen molar-refractivity contribution in [3.8, 4) is 0 Å². The van der Waals surface area contributed by atoms with Gasteiger partial charge in [-0.15, -0.1) is 0 Å². The molecule has 0 saturated carbocycles. The summed E-state index contributed by atoms with van der Waals surface area (Å²) in [6, 6.07) is 10.3. The van der Waals surface area contributed by atoms with Gasteiger partial charge in [0.25, 0.3) is 0 Å². The van der Waals surface area contributed by atoms with Gasteiger partial charge in [-0.05, 0) is 34.5 Å². The summed E-state index contributed by atoms with van der Waals surface area (Å²) in [6.07, 6.45) is 4.74. The number of carbonyl (C=O) groups excluding carboxylic acids is 1. The molecule has 0 N–H and O–H groups in total. The van der Waals surface area contributed by atoms with Crippen molar-refractivity contribution in [3.05, 3.63) is 45.6 Å². The first-order valence-corrected chi connectivity index (χ1v) is 12.1. The summed E-state index contributed by atoms with van der Waals surface area (Å²) in [5.41, 5.74) is 1.24. The normalized spacial score (nSPS) is 13.0. The van der Waals surface area contributed by atoms with E-state index < -0.39 is 8.07 Å². The SMILES string of the molecule is CCCC/C(Br)=C(/C(=O)CCc1ccccc1)[Si](C)(C)C. The maximum Gasteiger partial charge on any atom is 0.156 e. The Balaban J connectivity index is 2.82. The molecule has 0 heterocycles. The van der Waals surface area contributed by atoms with Crippen LogP contribution in [0.2, 0.25) is 19.6 Å². The Bertz CT molecular complexity index is 486. The smallest absolute Gasteiger partial charge is 0.156 e. The Labute approximate surface area is 139 Å². The van der Waals surface area contributed by atoms with E-state index in [1.165, 1.54) is 5.56 Å². The van der Waals surface area contributed by atoms with Gasteiger partial charge in [-0.25, -0.2) is 0 Å². The molecule has 1 nitrogen and oxygen atoms in total. The van der Waals surface area contributed by atoms with Crippen LogP contribution in [0.3, 0.4) is 0 Å². The molecule has 116 valence electrons. The molecule has 0 spiro atoms. The Morgan fingerprint density at radius 2 is 1.71 bits per heavy atom. The predicted octanol–water partition coefficient (Wildman–Crippen LogP) is 5.90. The quantitative estimate of drug-likeness (QED) is 0.413. The number of aryl methyl sites for hydroxylation is 1. The highest BCUT2D eigenvalue weighted by Crippen LogP contribution is 2.28. The van der Waals surface area contributed by atoms with Gasteiger partial charge in [0.1, 0.15) is 0 Å². The molecule has 1 rings (SSSR count). The maximum atomic E-state index is 12.7. The van der Waals surface area contributed by atoms with E-state index in [2.05, 4.69) is 54.6 Å². The molecule has 0 unspecified atom stereocenters. The van der Waals surface area contributed by atoms with E-state index in [1.807, 2.05) is 18.2 Å². The zero-order valence-electron chi connectivity index (χ0n) is 13.7. The first kappa shape index (κ1) is 18.4. The third-order valence-corrected chi connectivity index (χ3v) is 6.77. The van der Waals surface area contributed by atoms with Gasteiger partial charge in [0.2, 0.25) is 0 Å². The average molecular weight is 367 g/mol. The number of allylic oxidation sites excluding steroid dienone is 2. The first-order valence-electron chi connectivity index (χ1n) is 7.82. The van der Waals surface area contributed by atoms with Gasteiger partial charge in [-0.2, -0.15) is 0 Å². The van der Waals surface area contributed by atoms with Crippen LogP contribution in [0.5, 0.6) is 0 Å². The topological polar surface area (TPSA) is 17.1 Å². The van der Waals surface area contributed by atoms with Crippen LogP contribution < -0.4 is 0 Å². The molecule has 0 atom stereocenters. The summed E-state index contributed by atoms with van der Waals surface area (Å²) in [5, 5.41) is 1.10. The second kappa shape index (κ2) is 8.69. The molecule has 0 bridgehead atoms. The summed E-state index contributed by atoms with van der Waals surface area (Å²) in [6.45, 7) is 8.97. The van der Waals surface area contributed by atoms with Crippen molar-refractivity contribution in [3.63, 3.8) is 0 Å². The lowest BCUT2D eigenvalue weighted by Crippen LogP contribution is -2.30. The molecule has 0 radical (unpaired) electrons. The van der Waals surface area contributed by atoms with Crippen LogP contribution in [0.25, 0.3) is 0 Å². The fourth-order valence-electron chi connectivity index (χ4n) is 2.46. The maximum absolute atomic E-state index is 12.7. The van der Waals surface area contributed by atoms with Crippen LogP contribution in [0, 0.1) is 0 Å². The molecule has 0 aliphatic heterocycles. The fraction of sp³-hybridized carbons (Fsp3) is 0.500. The predicted molar refractivity (Wildman–Crippen MR) is 98.6 cm³/mol. The van der Waals surface area contributed by atoms with Crippen LogP contribution >= 0.6 is 15.9 Å². The van der Waals surface area contributed by atoms with E-state index in [1.54, 1.807) is 0 Å². The third kappa shape index (κ3) is 6.31. The second-order valence-corrected chi connectivity index (χ2v) is 12.5. The van der Waals surface area contributed by atoms with Gasteiger partial charge >= 0.3 is 0 Å². The number of hydrogen-bond donors (Lipinski definition) is 0. The molecule has 0 saturated heterocycles. The Kier molecular flexibility index (Phi) is 7.61. The minimum Gasteiger partial charge on any atom is -0.295 e. The van der Waals surface area contributed by atoms with Gasteiger partial charge in [-0.3, -0.25) is 4.79 Å². The molecule has 21 heavy (non-hydrogen) atoms. The molecule has 3 heteroatoms. The third-order valence-electron chi connectivity index (χ3n) is 3.53. The fourth-order valence-corrected chi connectivity index (χ4v) is 6.65. The van der Waals surface area contributed by atoms with Crippen LogP contribution in [0.1, 0.15) is 38.2 Å². The van der Waals surface area contributed by atoms with Crippen LogP contribution in [-0.2, 0) is 11.2 Å². The summed E-state index contributed by atoms with van der Waals surface area (Å²) in [5.74, 6) is 0.334. The summed E-state index contributed by atoms with van der Waals surface area (Å²) in [4.78, 5) is 12.7. The van der Waals surface area contributed by atoms with E-state index in [0.717, 1.165) is 35.4 Å². The first-order chi connectivity index (χ1) is 9.86. The monoisotopic (exact) mass is 366 g/mol. The van der Waals surface area contributed by atoms with Crippen molar-refractivity contribution in [1.82, 2.24) is 0 Å². The highest BCUT2D eigenvalue weighted by molar-refractivity contribution is 9.11. The van der Waals surface area contributed by atoms with Gasteiger partial charge in [0.05, 0.1) is 8.07 Å². The number of hydrogen-bond acceptors (Lipinski definition) is 1. The number of Topliss-reactive ketones (excluding diaryl/α,β-unsaturated/α-hetero) is 1. The standard InChI is InChI=1S/C18H27BrOSi/c1-5-6-12-16(19)18(21(2,3)4)17(20)14-13-15-10-8-7-9-11-15/h7-11H,5-6,12-14H2,1-4H3/b18-16+. The highest BCUT2D eigenvalue weighted by atomic mass is 79.9. The number of rotatable bonds is 8. The lowest BCUT2D eigenvalue weighted by Gasteiger charge is -2.22. The van der Waals surface area contributed by atoms with Gasteiger partial charge in [0, 0.05) is 6.42 Å². The number of benzene rings is 1. The Morgan fingerprint density at radius 3 is 2.24 bits per heavy atom. The molecule has 1 aromatic rings. The number of halogens is 1. The van der Waals surface area contributed by atoms with Crippen molar-refractivity contribution in [1.29, 1.82) is 0 Å². The summed E-state index contributed by atoms with van der Waals surface area (Å²) in [7, 11) is -1.62. The summed E-state index contributed by atoms with van der Waals surface area (Å²) < 4.78 is 1.15. The largest absolute Gasteiger partial charge is 0.295 e. The molecule has 0 aliphatic carbocycles. The van der Waals surface area contributed by atoms with Crippen molar-refractivity contribution >= 4 is 29.8 Å². The van der Waals surface area contributed by atoms with Gasteiger partial charge in [-0.1, -0.05) is 79.2 Å². The van der Waals surface area contributed by atoms with E-state index in [0.29, 0.717) is 12.2 Å². The zero-order valence-corrected chi connectivity index (χ0v) is 16.3. The van der Waals surface area contributed by atoms with E-state index in [4.69, 9.17) is 0 Å². The average Bonchev–Trinajstić information content (AvgIpc) is 2.42. The lowest BCUT2D eigenvalue weighted by atomic mass is 10.1. The van der Waals surface area contributed by atoms with E-state index >= 15 is 0 Å². The van der Waals surface area contributed by atoms with Crippen molar-refractivity contribution in [2.24, 2.45) is 0 Å². The molecule has 0 aromatic heterocycles. The number of unbranched alkanes of at least 4 members (excludes halogenated alkanes) is 1.